The number of fused-ring (bicyclic) bond motifs is 5. The van der Waals surface area contributed by atoms with E-state index in [0.29, 0.717) is 19.3 Å². The molecule has 0 aromatic rings. The van der Waals surface area contributed by atoms with Crippen LogP contribution < -0.4 is 0 Å². The minimum Gasteiger partial charge on any atom is -0.393 e. The van der Waals surface area contributed by atoms with Gasteiger partial charge in [0.25, 0.3) is 0 Å². The van der Waals surface area contributed by atoms with Gasteiger partial charge < -0.3 is 45.2 Å². The topological polar surface area (TPSA) is 160 Å². The van der Waals surface area contributed by atoms with Crippen LogP contribution in [0.25, 0.3) is 0 Å². The number of rotatable bonds is 6. The number of ether oxygens (including phenoxy) is 2. The molecule has 0 amide bonds. The van der Waals surface area contributed by atoms with Crippen molar-refractivity contribution in [3.63, 3.8) is 0 Å². The Morgan fingerprint density at radius 2 is 1.51 bits per heavy atom. The molecule has 9 nitrogen and oxygen atoms in total. The molecule has 4 saturated carbocycles. The van der Waals surface area contributed by atoms with Crippen LogP contribution in [0.4, 0.5) is 0 Å². The second-order valence-electron chi connectivity index (χ2n) is 15.1. The molecule has 0 aromatic heterocycles. The highest BCUT2D eigenvalue weighted by Gasteiger charge is 2.70. The molecule has 0 spiro atoms. The van der Waals surface area contributed by atoms with E-state index in [4.69, 9.17) is 9.47 Å². The van der Waals surface area contributed by atoms with Gasteiger partial charge in [0.05, 0.1) is 36.6 Å². The SMILES string of the molecule is CC(C)[C@H](/C=C/[C@@H](C)[C@H]1C[C@@H](O)[C@@H]2[C@]1(C)CC[C@@H]1[C@@]3(C)CC[C@H](O)C[C@@H]3[C@@H](O)C[C@]12O)O[C@@H]1OC[C@@H](O)[C@H](O)[C@H]1O. The molecule has 0 aromatic carbocycles. The first kappa shape index (κ1) is 31.8. The van der Waals surface area contributed by atoms with Crippen LogP contribution in [-0.4, -0.2) is 97.0 Å². The largest absolute Gasteiger partial charge is 0.393 e. The summed E-state index contributed by atoms with van der Waals surface area (Å²) in [5.74, 6) is -0.177. The molecule has 4 aliphatic carbocycles. The predicted molar refractivity (Wildman–Crippen MR) is 151 cm³/mol. The normalized spacial score (nSPS) is 53.5. The number of hydrogen-bond donors (Lipinski definition) is 7. The van der Waals surface area contributed by atoms with E-state index >= 15 is 0 Å². The van der Waals surface area contributed by atoms with Crippen molar-refractivity contribution < 1.29 is 45.2 Å². The molecule has 0 bridgehead atoms. The van der Waals surface area contributed by atoms with Gasteiger partial charge in [-0.1, -0.05) is 46.8 Å². The van der Waals surface area contributed by atoms with Crippen LogP contribution >= 0.6 is 0 Å². The summed E-state index contributed by atoms with van der Waals surface area (Å²) in [5.41, 5.74) is -1.75. The maximum absolute atomic E-state index is 12.5. The van der Waals surface area contributed by atoms with Crippen molar-refractivity contribution in [2.45, 2.75) is 134 Å². The van der Waals surface area contributed by atoms with Crippen molar-refractivity contribution in [2.24, 2.45) is 46.3 Å². The van der Waals surface area contributed by atoms with Gasteiger partial charge in [0.2, 0.25) is 0 Å². The molecule has 41 heavy (non-hydrogen) atoms. The second kappa shape index (κ2) is 11.4. The smallest absolute Gasteiger partial charge is 0.186 e. The fraction of sp³-hybridized carbons (Fsp3) is 0.938. The van der Waals surface area contributed by atoms with Crippen molar-refractivity contribution >= 4 is 0 Å². The lowest BCUT2D eigenvalue weighted by Crippen LogP contribution is -2.68. The highest BCUT2D eigenvalue weighted by Crippen LogP contribution is 2.69. The average molecular weight is 583 g/mol. The van der Waals surface area contributed by atoms with Gasteiger partial charge in [-0.3, -0.25) is 0 Å². The molecule has 16 atom stereocenters. The Balaban J connectivity index is 1.34. The summed E-state index contributed by atoms with van der Waals surface area (Å²) in [6.07, 6.45) is 1.54. The molecule has 1 aliphatic heterocycles. The molecule has 7 N–H and O–H groups in total. The van der Waals surface area contributed by atoms with Crippen LogP contribution in [0, 0.1) is 46.3 Å². The third-order valence-corrected chi connectivity index (χ3v) is 12.4. The predicted octanol–water partition coefficient (Wildman–Crippen LogP) is 1.74. The Labute approximate surface area is 244 Å². The fourth-order valence-corrected chi connectivity index (χ4v) is 10.2. The molecule has 1 heterocycles. The van der Waals surface area contributed by atoms with Gasteiger partial charge >= 0.3 is 0 Å². The Morgan fingerprint density at radius 3 is 2.20 bits per heavy atom. The van der Waals surface area contributed by atoms with Crippen molar-refractivity contribution in [1.82, 2.24) is 0 Å². The standard InChI is InChI=1S/C32H54O9/c1-16(2)24(41-29-27(38)26(37)23(36)15-40-29)7-6-17(3)19-13-21(34)28-31(19,5)11-9-25-30(4)10-8-18(33)12-20(30)22(35)14-32(25,28)39/h6-7,16-29,33-39H,8-15H2,1-5H3/b7-6+/t17-,18+,19-,20-,21-,22+,23-,24+,25-,26+,27-,28-,29+,30+,31-,32+/m1/s1. The molecular formula is C32H54O9. The van der Waals surface area contributed by atoms with Crippen molar-refractivity contribution in [2.75, 3.05) is 6.61 Å². The molecular weight excluding hydrogens is 528 g/mol. The van der Waals surface area contributed by atoms with Gasteiger partial charge in [-0.2, -0.15) is 0 Å². The minimum atomic E-state index is -1.36. The van der Waals surface area contributed by atoms with Gasteiger partial charge in [0, 0.05) is 12.3 Å². The molecule has 5 rings (SSSR count). The Kier molecular flexibility index (Phi) is 8.83. The molecule has 5 fully saturated rings. The van der Waals surface area contributed by atoms with E-state index in [1.807, 2.05) is 19.9 Å². The first-order valence-electron chi connectivity index (χ1n) is 15.9. The number of allylic oxidation sites excluding steroid dienone is 1. The Hall–Kier alpha value is -0.620. The lowest BCUT2D eigenvalue weighted by Gasteiger charge is -2.66. The van der Waals surface area contributed by atoms with Crippen LogP contribution in [0.1, 0.15) is 79.6 Å². The highest BCUT2D eigenvalue weighted by molar-refractivity contribution is 5.20. The van der Waals surface area contributed by atoms with Crippen LogP contribution in [0.3, 0.4) is 0 Å². The number of aliphatic hydroxyl groups excluding tert-OH is 6. The summed E-state index contributed by atoms with van der Waals surface area (Å²) in [6.45, 7) is 10.4. The zero-order valence-electron chi connectivity index (χ0n) is 25.3. The third-order valence-electron chi connectivity index (χ3n) is 12.4. The van der Waals surface area contributed by atoms with Crippen LogP contribution in [0.5, 0.6) is 0 Å². The molecule has 5 aliphatic rings. The summed E-state index contributed by atoms with van der Waals surface area (Å²) in [5, 5.41) is 75.9. The zero-order valence-corrected chi connectivity index (χ0v) is 25.3. The van der Waals surface area contributed by atoms with E-state index in [9.17, 15) is 35.7 Å². The van der Waals surface area contributed by atoms with E-state index in [0.717, 1.165) is 19.3 Å². The minimum absolute atomic E-state index is 0.0252. The van der Waals surface area contributed by atoms with E-state index in [-0.39, 0.29) is 59.4 Å². The molecule has 236 valence electrons. The number of hydrogen-bond acceptors (Lipinski definition) is 9. The van der Waals surface area contributed by atoms with Crippen LogP contribution in [0.2, 0.25) is 0 Å². The monoisotopic (exact) mass is 582 g/mol. The third kappa shape index (κ3) is 5.25. The lowest BCUT2D eigenvalue weighted by molar-refractivity contribution is -0.280. The molecule has 0 unspecified atom stereocenters. The summed E-state index contributed by atoms with van der Waals surface area (Å²) < 4.78 is 11.5. The highest BCUT2D eigenvalue weighted by atomic mass is 16.7. The lowest BCUT2D eigenvalue weighted by atomic mass is 9.42. The molecule has 9 heteroatoms. The zero-order chi connectivity index (χ0) is 30.1. The first-order valence-corrected chi connectivity index (χ1v) is 15.9. The average Bonchev–Trinajstić information content (AvgIpc) is 3.18. The Bertz CT molecular complexity index is 959. The summed E-state index contributed by atoms with van der Waals surface area (Å²) >= 11 is 0. The fourth-order valence-electron chi connectivity index (χ4n) is 10.2. The van der Waals surface area contributed by atoms with Gasteiger partial charge in [0.1, 0.15) is 18.3 Å². The van der Waals surface area contributed by atoms with E-state index in [1.54, 1.807) is 0 Å². The second-order valence-corrected chi connectivity index (χ2v) is 15.1. The van der Waals surface area contributed by atoms with Crippen molar-refractivity contribution in [3.05, 3.63) is 12.2 Å². The van der Waals surface area contributed by atoms with Gasteiger partial charge in [-0.15, -0.1) is 0 Å². The first-order chi connectivity index (χ1) is 19.1. The van der Waals surface area contributed by atoms with Gasteiger partial charge in [-0.25, -0.2) is 0 Å². The molecule has 0 radical (unpaired) electrons. The Morgan fingerprint density at radius 1 is 0.829 bits per heavy atom. The van der Waals surface area contributed by atoms with Crippen LogP contribution in [0.15, 0.2) is 12.2 Å². The summed E-state index contributed by atoms with van der Waals surface area (Å²) in [4.78, 5) is 0. The van der Waals surface area contributed by atoms with E-state index in [2.05, 4.69) is 26.8 Å². The maximum atomic E-state index is 12.5. The summed E-state index contributed by atoms with van der Waals surface area (Å²) in [7, 11) is 0. The van der Waals surface area contributed by atoms with Crippen LogP contribution in [-0.2, 0) is 9.47 Å². The van der Waals surface area contributed by atoms with Gasteiger partial charge in [0.15, 0.2) is 6.29 Å². The number of aliphatic hydroxyl groups is 7. The van der Waals surface area contributed by atoms with E-state index in [1.165, 1.54) is 0 Å². The summed E-state index contributed by atoms with van der Waals surface area (Å²) in [6, 6.07) is 0. The van der Waals surface area contributed by atoms with Crippen molar-refractivity contribution in [1.29, 1.82) is 0 Å². The maximum Gasteiger partial charge on any atom is 0.186 e. The van der Waals surface area contributed by atoms with Gasteiger partial charge in [-0.05, 0) is 78.9 Å². The van der Waals surface area contributed by atoms with Crippen molar-refractivity contribution in [3.8, 4) is 0 Å². The van der Waals surface area contributed by atoms with E-state index < -0.39 is 54.6 Å². The quantitative estimate of drug-likeness (QED) is 0.232. The molecule has 1 saturated heterocycles.